The first-order valence-electron chi connectivity index (χ1n) is 29.9. The van der Waals surface area contributed by atoms with Gasteiger partial charge in [0.1, 0.15) is 19.3 Å². The van der Waals surface area contributed by atoms with Crippen LogP contribution in [0.2, 0.25) is 0 Å². The van der Waals surface area contributed by atoms with Crippen molar-refractivity contribution < 1.29 is 37.3 Å². The van der Waals surface area contributed by atoms with Crippen LogP contribution in [-0.4, -0.2) is 69.4 Å². The maximum atomic E-state index is 13.5. The molecule has 0 aromatic carbocycles. The van der Waals surface area contributed by atoms with Gasteiger partial charge in [0, 0.05) is 12.8 Å². The highest BCUT2D eigenvalue weighted by Gasteiger charge is 2.27. The van der Waals surface area contributed by atoms with Crippen LogP contribution < -0.4 is 10.2 Å². The van der Waals surface area contributed by atoms with Gasteiger partial charge in [0.2, 0.25) is 5.91 Å². The van der Waals surface area contributed by atoms with Gasteiger partial charge < -0.3 is 28.5 Å². The van der Waals surface area contributed by atoms with Crippen LogP contribution in [0.1, 0.15) is 252 Å². The van der Waals surface area contributed by atoms with Crippen molar-refractivity contribution in [2.75, 3.05) is 40.9 Å². The van der Waals surface area contributed by atoms with Crippen LogP contribution in [-0.2, 0) is 27.9 Å². The molecule has 1 N–H and O–H groups in total. The fourth-order valence-electron chi connectivity index (χ4n) is 8.25. The summed E-state index contributed by atoms with van der Waals surface area (Å²) in [6.07, 6.45) is 68.5. The number of ether oxygens (including phenoxy) is 1. The number of nitrogens with one attached hydrogen (secondary N) is 1. The number of likely N-dealkylation sites (N-methyl/N-ethyl adjacent to an activating group) is 1. The molecule has 3 unspecified atom stereocenters. The Kier molecular flexibility index (Phi) is 50.6. The average molecular weight is 1040 g/mol. The third-order valence-electron chi connectivity index (χ3n) is 12.9. The van der Waals surface area contributed by atoms with E-state index in [1.165, 1.54) is 135 Å². The largest absolute Gasteiger partial charge is 0.756 e. The molecule has 422 valence electrons. The van der Waals surface area contributed by atoms with Crippen LogP contribution in [0.4, 0.5) is 0 Å². The van der Waals surface area contributed by atoms with E-state index in [1.807, 2.05) is 45.4 Å². The van der Waals surface area contributed by atoms with Gasteiger partial charge in [-0.1, -0.05) is 254 Å². The highest BCUT2D eigenvalue weighted by Crippen LogP contribution is 2.38. The molecule has 0 rings (SSSR count). The summed E-state index contributed by atoms with van der Waals surface area (Å²) in [7, 11) is 1.13. The van der Waals surface area contributed by atoms with Gasteiger partial charge in [-0.15, -0.1) is 0 Å². The van der Waals surface area contributed by atoms with Crippen LogP contribution in [0.3, 0.4) is 0 Å². The van der Waals surface area contributed by atoms with Crippen LogP contribution in [0.25, 0.3) is 0 Å². The quantitative estimate of drug-likeness (QED) is 0.0212. The van der Waals surface area contributed by atoms with Gasteiger partial charge in [-0.05, 0) is 70.3 Å². The van der Waals surface area contributed by atoms with Gasteiger partial charge in [-0.25, -0.2) is 0 Å². The molecule has 0 bridgehead atoms. The molecule has 0 radical (unpaired) electrons. The molecule has 0 aliphatic heterocycles. The predicted octanol–water partition coefficient (Wildman–Crippen LogP) is 17.6. The number of carbonyl (C=O) groups excluding carboxylic acids is 2. The summed E-state index contributed by atoms with van der Waals surface area (Å²) in [6, 6.07) is -0.930. The molecule has 0 aromatic heterocycles. The lowest BCUT2D eigenvalue weighted by Gasteiger charge is -2.30. The lowest BCUT2D eigenvalue weighted by Crippen LogP contribution is -2.47. The molecule has 0 heterocycles. The van der Waals surface area contributed by atoms with Crippen LogP contribution in [0.15, 0.2) is 85.1 Å². The Morgan fingerprint density at radius 3 is 1.32 bits per heavy atom. The summed E-state index contributed by atoms with van der Waals surface area (Å²) >= 11 is 0. The number of carbonyl (C=O) groups is 2. The van der Waals surface area contributed by atoms with Gasteiger partial charge in [-0.2, -0.15) is 0 Å². The molecule has 0 aliphatic carbocycles. The van der Waals surface area contributed by atoms with Crippen molar-refractivity contribution in [3.05, 3.63) is 85.1 Å². The number of nitrogens with zero attached hydrogens (tertiary/aromatic N) is 1. The molecular formula is C63H113N2O7P. The number of allylic oxidation sites excluding steroid dienone is 13. The zero-order chi connectivity index (χ0) is 53.6. The van der Waals surface area contributed by atoms with E-state index in [2.05, 4.69) is 86.8 Å². The smallest absolute Gasteiger partial charge is 0.306 e. The summed E-state index contributed by atoms with van der Waals surface area (Å²) in [6.45, 7) is 6.67. The SMILES string of the molecule is CC/C=C\C/C=C\C/C=C\C/C=C\C/C=C\C/C=C\CCC(=O)NC(COP(=O)([O-])OCC[N+](C)(C)C)C(/C=C/CCCCCCCCCCC)OC(=O)CCCCCCCCCCCCCCCCCCC. The Morgan fingerprint density at radius 1 is 0.493 bits per heavy atom. The Morgan fingerprint density at radius 2 is 0.890 bits per heavy atom. The first-order valence-corrected chi connectivity index (χ1v) is 31.4. The van der Waals surface area contributed by atoms with Crippen molar-refractivity contribution in [2.24, 2.45) is 0 Å². The average Bonchev–Trinajstić information content (AvgIpc) is 3.35. The number of phosphoric acid groups is 1. The van der Waals surface area contributed by atoms with Gasteiger partial charge in [-0.3, -0.25) is 14.2 Å². The van der Waals surface area contributed by atoms with E-state index >= 15 is 0 Å². The van der Waals surface area contributed by atoms with E-state index < -0.39 is 26.6 Å². The molecule has 3 atom stereocenters. The molecule has 0 aromatic rings. The zero-order valence-corrected chi connectivity index (χ0v) is 49.0. The second-order valence-corrected chi connectivity index (χ2v) is 22.5. The van der Waals surface area contributed by atoms with E-state index in [0.717, 1.165) is 77.0 Å². The van der Waals surface area contributed by atoms with Crippen molar-refractivity contribution in [3.63, 3.8) is 0 Å². The van der Waals surface area contributed by atoms with E-state index in [0.29, 0.717) is 17.4 Å². The minimum Gasteiger partial charge on any atom is -0.756 e. The second kappa shape index (κ2) is 52.6. The molecule has 9 nitrogen and oxygen atoms in total. The van der Waals surface area contributed by atoms with Gasteiger partial charge >= 0.3 is 5.97 Å². The van der Waals surface area contributed by atoms with E-state index in [1.54, 1.807) is 0 Å². The molecule has 10 heteroatoms. The van der Waals surface area contributed by atoms with Crippen LogP contribution >= 0.6 is 7.82 Å². The fourth-order valence-corrected chi connectivity index (χ4v) is 8.97. The molecule has 0 saturated heterocycles. The monoisotopic (exact) mass is 1040 g/mol. The number of unbranched alkanes of at least 4 members (excludes halogenated alkanes) is 25. The van der Waals surface area contributed by atoms with Crippen molar-refractivity contribution in [1.29, 1.82) is 0 Å². The van der Waals surface area contributed by atoms with Gasteiger partial charge in [0.05, 0.1) is 33.8 Å². The third kappa shape index (κ3) is 53.8. The molecule has 0 spiro atoms. The van der Waals surface area contributed by atoms with Crippen molar-refractivity contribution in [1.82, 2.24) is 5.32 Å². The fraction of sp³-hybridized carbons (Fsp3) is 0.746. The molecule has 0 saturated carbocycles. The standard InChI is InChI=1S/C63H113N2O7P/c1-7-10-13-16-19-22-25-27-29-31-32-34-35-37-40-43-46-49-52-55-62(66)64-60(59-71-73(68,69)70-58-57-65(4,5)6)61(54-51-48-45-42-39-24-21-18-15-12-9-3)72-63(67)56-53-50-47-44-41-38-36-33-30-28-26-23-20-17-14-11-8-2/h10,13,19,22,27,29,32,34,37,40,46,49,51,54,60-61H,7-9,11-12,14-18,20-21,23-26,28,30-31,33,35-36,38-39,41-45,47-48,50,52-53,55-59H2,1-6H3,(H-,64,66,68,69)/b13-10-,22-19-,29-27-,34-32-,40-37-,49-46-,54-51+. The summed E-state index contributed by atoms with van der Waals surface area (Å²) in [4.78, 5) is 39.9. The summed E-state index contributed by atoms with van der Waals surface area (Å²) in [5.41, 5.74) is 0. The number of amides is 1. The minimum atomic E-state index is -4.72. The van der Waals surface area contributed by atoms with Crippen molar-refractivity contribution in [2.45, 2.75) is 264 Å². The number of hydrogen-bond donors (Lipinski definition) is 1. The number of quaternary nitrogens is 1. The van der Waals surface area contributed by atoms with Crippen molar-refractivity contribution in [3.8, 4) is 0 Å². The zero-order valence-electron chi connectivity index (χ0n) is 48.1. The maximum absolute atomic E-state index is 13.5. The Hall–Kier alpha value is -2.81. The lowest BCUT2D eigenvalue weighted by molar-refractivity contribution is -0.870. The molecule has 0 fully saturated rings. The molecule has 1 amide bonds. The highest BCUT2D eigenvalue weighted by atomic mass is 31.2. The maximum Gasteiger partial charge on any atom is 0.306 e. The Bertz CT molecular complexity index is 1530. The number of esters is 1. The number of rotatable bonds is 53. The Balaban J connectivity index is 5.38. The van der Waals surface area contributed by atoms with E-state index in [4.69, 9.17) is 13.8 Å². The number of hydrogen-bond acceptors (Lipinski definition) is 7. The second-order valence-electron chi connectivity index (χ2n) is 21.1. The predicted molar refractivity (Wildman–Crippen MR) is 311 cm³/mol. The van der Waals surface area contributed by atoms with Gasteiger partial charge in [0.25, 0.3) is 7.82 Å². The first-order chi connectivity index (χ1) is 35.4. The Labute approximate surface area is 450 Å². The van der Waals surface area contributed by atoms with Gasteiger partial charge in [0.15, 0.2) is 0 Å². The van der Waals surface area contributed by atoms with Crippen molar-refractivity contribution >= 4 is 19.7 Å². The third-order valence-corrected chi connectivity index (χ3v) is 13.8. The molecule has 0 aliphatic rings. The summed E-state index contributed by atoms with van der Waals surface area (Å²) in [5.74, 6) is -0.637. The van der Waals surface area contributed by atoms with Crippen LogP contribution in [0, 0.1) is 0 Å². The molecular weight excluding hydrogens is 928 g/mol. The van der Waals surface area contributed by atoms with E-state index in [-0.39, 0.29) is 31.3 Å². The highest BCUT2D eigenvalue weighted by molar-refractivity contribution is 7.45. The normalized spacial score (nSPS) is 14.3. The molecule has 73 heavy (non-hydrogen) atoms. The summed E-state index contributed by atoms with van der Waals surface area (Å²) in [5, 5.41) is 2.97. The number of phosphoric ester groups is 1. The van der Waals surface area contributed by atoms with E-state index in [9.17, 15) is 19.0 Å². The first kappa shape index (κ1) is 70.2. The summed E-state index contributed by atoms with van der Waals surface area (Å²) < 4.78 is 30.2. The minimum absolute atomic E-state index is 0.0380. The topological polar surface area (TPSA) is 114 Å². The van der Waals surface area contributed by atoms with Crippen LogP contribution in [0.5, 0.6) is 0 Å². The lowest BCUT2D eigenvalue weighted by atomic mass is 10.0.